The summed E-state index contributed by atoms with van der Waals surface area (Å²) < 4.78 is 5.31. The predicted molar refractivity (Wildman–Crippen MR) is 81.9 cm³/mol. The summed E-state index contributed by atoms with van der Waals surface area (Å²) in [6, 6.07) is 11.4. The smallest absolute Gasteiger partial charge is 0.287 e. The minimum Gasteiger partial charge on any atom is -0.459 e. The number of hydrogen-bond donors (Lipinski definition) is 2. The number of hydrogen-bond acceptors (Lipinski definition) is 3. The van der Waals surface area contributed by atoms with Gasteiger partial charge < -0.3 is 14.8 Å². The van der Waals surface area contributed by atoms with Gasteiger partial charge in [-0.15, -0.1) is 0 Å². The first-order valence-electron chi connectivity index (χ1n) is 7.22. The van der Waals surface area contributed by atoms with Gasteiger partial charge in [0.15, 0.2) is 5.76 Å². The first-order chi connectivity index (χ1) is 10.1. The number of carbonyl (C=O) groups excluding carboxylic acids is 1. The van der Waals surface area contributed by atoms with Crippen molar-refractivity contribution in [3.8, 4) is 11.1 Å². The lowest BCUT2D eigenvalue weighted by Gasteiger charge is -2.17. The fourth-order valence-corrected chi connectivity index (χ4v) is 2.08. The summed E-state index contributed by atoms with van der Waals surface area (Å²) in [5.41, 5.74) is 1.69. The summed E-state index contributed by atoms with van der Waals surface area (Å²) in [6.07, 6.45) is 1.82. The average molecular weight is 287 g/mol. The maximum Gasteiger partial charge on any atom is 0.287 e. The van der Waals surface area contributed by atoms with Gasteiger partial charge in [0.05, 0.1) is 12.4 Å². The lowest BCUT2D eigenvalue weighted by molar-refractivity contribution is 0.0828. The molecule has 4 nitrogen and oxygen atoms in total. The largest absolute Gasteiger partial charge is 0.459 e. The third-order valence-electron chi connectivity index (χ3n) is 3.73. The summed E-state index contributed by atoms with van der Waals surface area (Å²) in [5.74, 6) is 0.120. The van der Waals surface area contributed by atoms with E-state index < -0.39 is 6.10 Å². The van der Waals surface area contributed by atoms with Crippen LogP contribution in [-0.4, -0.2) is 23.7 Å². The van der Waals surface area contributed by atoms with Gasteiger partial charge in [-0.25, -0.2) is 0 Å². The molecule has 21 heavy (non-hydrogen) atoms. The molecule has 0 saturated carbocycles. The predicted octanol–water partition coefficient (Wildman–Crippen LogP) is 3.08. The fourth-order valence-electron chi connectivity index (χ4n) is 2.08. The molecule has 2 aromatic rings. The standard InChI is InChI=1S/C17H21NO3/c1-3-12(2)15(19)11-18-17(20)16-14(9-10-21-16)13-7-5-4-6-8-13/h4-10,12,15,19H,3,11H2,1-2H3,(H,18,20). The second kappa shape index (κ2) is 7.09. The van der Waals surface area contributed by atoms with Crippen LogP contribution in [0.2, 0.25) is 0 Å². The Hall–Kier alpha value is -2.07. The van der Waals surface area contributed by atoms with Crippen LogP contribution in [0.1, 0.15) is 30.8 Å². The highest BCUT2D eigenvalue weighted by Crippen LogP contribution is 2.24. The Morgan fingerprint density at radius 2 is 2.00 bits per heavy atom. The van der Waals surface area contributed by atoms with Crippen LogP contribution >= 0.6 is 0 Å². The van der Waals surface area contributed by atoms with Crippen molar-refractivity contribution < 1.29 is 14.3 Å². The van der Waals surface area contributed by atoms with Crippen LogP contribution in [0, 0.1) is 5.92 Å². The molecule has 0 fully saturated rings. The van der Waals surface area contributed by atoms with Crippen molar-refractivity contribution in [3.63, 3.8) is 0 Å². The molecule has 1 aromatic carbocycles. The Kier molecular flexibility index (Phi) is 5.17. The Morgan fingerprint density at radius 3 is 2.67 bits per heavy atom. The van der Waals surface area contributed by atoms with Crippen LogP contribution < -0.4 is 5.32 Å². The molecule has 0 aliphatic carbocycles. The number of amides is 1. The first-order valence-corrected chi connectivity index (χ1v) is 7.22. The second-order valence-electron chi connectivity index (χ2n) is 5.19. The lowest BCUT2D eigenvalue weighted by atomic mass is 10.0. The van der Waals surface area contributed by atoms with Crippen molar-refractivity contribution in [1.82, 2.24) is 5.32 Å². The van der Waals surface area contributed by atoms with Gasteiger partial charge in [0.1, 0.15) is 0 Å². The highest BCUT2D eigenvalue weighted by atomic mass is 16.3. The minimum absolute atomic E-state index is 0.149. The molecule has 4 heteroatoms. The molecule has 0 aliphatic rings. The molecule has 2 rings (SSSR count). The lowest BCUT2D eigenvalue weighted by Crippen LogP contribution is -2.35. The number of furan rings is 1. The number of aliphatic hydroxyl groups is 1. The summed E-state index contributed by atoms with van der Waals surface area (Å²) in [5, 5.41) is 12.6. The van der Waals surface area contributed by atoms with Crippen molar-refractivity contribution in [3.05, 3.63) is 48.4 Å². The van der Waals surface area contributed by atoms with E-state index in [1.807, 2.05) is 44.2 Å². The zero-order valence-corrected chi connectivity index (χ0v) is 12.4. The van der Waals surface area contributed by atoms with Crippen molar-refractivity contribution in [2.75, 3.05) is 6.54 Å². The Balaban J connectivity index is 2.06. The Labute approximate surface area is 124 Å². The summed E-state index contributed by atoms with van der Waals surface area (Å²) >= 11 is 0. The SMILES string of the molecule is CCC(C)C(O)CNC(=O)c1occc1-c1ccccc1. The molecule has 0 radical (unpaired) electrons. The molecule has 1 amide bonds. The molecular weight excluding hydrogens is 266 g/mol. The van der Waals surface area contributed by atoms with E-state index in [1.165, 1.54) is 6.26 Å². The van der Waals surface area contributed by atoms with Crippen molar-refractivity contribution >= 4 is 5.91 Å². The molecule has 0 saturated heterocycles. The van der Waals surface area contributed by atoms with Crippen LogP contribution in [0.3, 0.4) is 0 Å². The van der Waals surface area contributed by atoms with Gasteiger partial charge in [-0.1, -0.05) is 50.6 Å². The van der Waals surface area contributed by atoms with E-state index in [4.69, 9.17) is 4.42 Å². The molecule has 0 spiro atoms. The van der Waals surface area contributed by atoms with Crippen molar-refractivity contribution in [1.29, 1.82) is 0 Å². The Morgan fingerprint density at radius 1 is 1.29 bits per heavy atom. The number of aliphatic hydroxyl groups excluding tert-OH is 1. The number of benzene rings is 1. The highest BCUT2D eigenvalue weighted by molar-refractivity contribution is 5.98. The van der Waals surface area contributed by atoms with E-state index in [2.05, 4.69) is 5.32 Å². The van der Waals surface area contributed by atoms with Gasteiger partial charge in [0.2, 0.25) is 0 Å². The van der Waals surface area contributed by atoms with Gasteiger partial charge in [-0.05, 0) is 17.5 Å². The third-order valence-corrected chi connectivity index (χ3v) is 3.73. The molecule has 0 bridgehead atoms. The van der Waals surface area contributed by atoms with Crippen LogP contribution in [0.4, 0.5) is 0 Å². The summed E-state index contributed by atoms with van der Waals surface area (Å²) in [4.78, 5) is 12.2. The molecule has 1 heterocycles. The maximum atomic E-state index is 12.2. The summed E-state index contributed by atoms with van der Waals surface area (Å²) in [6.45, 7) is 4.19. The van der Waals surface area contributed by atoms with Gasteiger partial charge in [-0.2, -0.15) is 0 Å². The molecular formula is C17H21NO3. The van der Waals surface area contributed by atoms with E-state index in [1.54, 1.807) is 6.07 Å². The third kappa shape index (κ3) is 3.73. The fraction of sp³-hybridized carbons (Fsp3) is 0.353. The number of rotatable bonds is 6. The van der Waals surface area contributed by atoms with Crippen molar-refractivity contribution in [2.24, 2.45) is 5.92 Å². The molecule has 2 N–H and O–H groups in total. The van der Waals surface area contributed by atoms with Crippen LogP contribution in [0.15, 0.2) is 47.1 Å². The molecule has 112 valence electrons. The number of carbonyl (C=O) groups is 1. The normalized spacial score (nSPS) is 13.7. The highest BCUT2D eigenvalue weighted by Gasteiger charge is 2.19. The van der Waals surface area contributed by atoms with Crippen LogP contribution in [0.5, 0.6) is 0 Å². The van der Waals surface area contributed by atoms with E-state index in [0.717, 1.165) is 17.5 Å². The molecule has 2 atom stereocenters. The second-order valence-corrected chi connectivity index (χ2v) is 5.19. The van der Waals surface area contributed by atoms with E-state index in [9.17, 15) is 9.90 Å². The van der Waals surface area contributed by atoms with Crippen LogP contribution in [0.25, 0.3) is 11.1 Å². The summed E-state index contributed by atoms with van der Waals surface area (Å²) in [7, 11) is 0. The minimum atomic E-state index is -0.547. The average Bonchev–Trinajstić information content (AvgIpc) is 3.01. The van der Waals surface area contributed by atoms with Gasteiger partial charge >= 0.3 is 0 Å². The maximum absolute atomic E-state index is 12.2. The first kappa shape index (κ1) is 15.3. The molecule has 1 aromatic heterocycles. The van der Waals surface area contributed by atoms with E-state index in [0.29, 0.717) is 0 Å². The monoisotopic (exact) mass is 287 g/mol. The van der Waals surface area contributed by atoms with E-state index >= 15 is 0 Å². The zero-order chi connectivity index (χ0) is 15.2. The van der Waals surface area contributed by atoms with Crippen molar-refractivity contribution in [2.45, 2.75) is 26.4 Å². The molecule has 0 aliphatic heterocycles. The van der Waals surface area contributed by atoms with Crippen LogP contribution in [-0.2, 0) is 0 Å². The molecule has 2 unspecified atom stereocenters. The van der Waals surface area contributed by atoms with Gasteiger partial charge in [0.25, 0.3) is 5.91 Å². The van der Waals surface area contributed by atoms with E-state index in [-0.39, 0.29) is 24.1 Å². The zero-order valence-electron chi connectivity index (χ0n) is 12.4. The quantitative estimate of drug-likeness (QED) is 0.858. The number of nitrogens with one attached hydrogen (secondary N) is 1. The van der Waals surface area contributed by atoms with Gasteiger partial charge in [0, 0.05) is 12.1 Å². The van der Waals surface area contributed by atoms with Gasteiger partial charge in [-0.3, -0.25) is 4.79 Å². The topological polar surface area (TPSA) is 62.5 Å². The Bertz CT molecular complexity index is 577.